The van der Waals surface area contributed by atoms with Crippen molar-refractivity contribution >= 4 is 5.78 Å². The standard InChI is InChI=1S/C27H44O7/c1-15(14-28)5-6-23(32)26(4,33)22-8-10-27(34)17-11-19(29)18-12-20(30)21(31)13-24(18,2)16(17)7-9-25(22,27)3/h11,15-16,18,20-23,28,30-34H,5-10,12-14H2,1-4H3/t15?,16-,18-,20?,21?,22?,23?,24+,25+,26+,27-/m0/s1. The van der Waals surface area contributed by atoms with Crippen molar-refractivity contribution in [2.75, 3.05) is 6.61 Å². The molecule has 0 radical (unpaired) electrons. The largest absolute Gasteiger partial charge is 0.396 e. The predicted molar refractivity (Wildman–Crippen MR) is 127 cm³/mol. The molecule has 5 unspecified atom stereocenters. The first-order valence-corrected chi connectivity index (χ1v) is 13.1. The number of carbonyl (C=O) groups excluding carboxylic acids is 1. The topological polar surface area (TPSA) is 138 Å². The van der Waals surface area contributed by atoms with Crippen molar-refractivity contribution in [1.82, 2.24) is 0 Å². The van der Waals surface area contributed by atoms with E-state index < -0.39 is 40.3 Å². The van der Waals surface area contributed by atoms with Crippen molar-refractivity contribution < 1.29 is 35.4 Å². The van der Waals surface area contributed by atoms with Gasteiger partial charge in [-0.15, -0.1) is 0 Å². The Balaban J connectivity index is 1.65. The van der Waals surface area contributed by atoms with E-state index in [9.17, 15) is 35.4 Å². The molecule has 0 heterocycles. The summed E-state index contributed by atoms with van der Waals surface area (Å²) in [4.78, 5) is 13.3. The Hall–Kier alpha value is -0.830. The Morgan fingerprint density at radius 1 is 1.12 bits per heavy atom. The van der Waals surface area contributed by atoms with Crippen LogP contribution < -0.4 is 0 Å². The highest BCUT2D eigenvalue weighted by Crippen LogP contribution is 2.68. The summed E-state index contributed by atoms with van der Waals surface area (Å²) in [6, 6.07) is 0. The van der Waals surface area contributed by atoms with Crippen LogP contribution in [0, 0.1) is 34.5 Å². The second kappa shape index (κ2) is 8.63. The summed E-state index contributed by atoms with van der Waals surface area (Å²) in [5.74, 6) is -0.859. The van der Waals surface area contributed by atoms with Crippen molar-refractivity contribution in [2.24, 2.45) is 34.5 Å². The average molecular weight is 481 g/mol. The number of ketones is 1. The van der Waals surface area contributed by atoms with Crippen LogP contribution in [0.5, 0.6) is 0 Å². The summed E-state index contributed by atoms with van der Waals surface area (Å²) in [6.45, 7) is 7.59. The number of aliphatic hydroxyl groups excluding tert-OH is 4. The van der Waals surface area contributed by atoms with Crippen LogP contribution in [-0.4, -0.2) is 72.5 Å². The first kappa shape index (κ1) is 26.2. The van der Waals surface area contributed by atoms with E-state index in [4.69, 9.17) is 0 Å². The number of rotatable bonds is 6. The monoisotopic (exact) mass is 480 g/mol. The first-order chi connectivity index (χ1) is 15.7. The molecule has 0 spiro atoms. The lowest BCUT2D eigenvalue weighted by molar-refractivity contribution is -0.176. The molecule has 3 fully saturated rings. The maximum Gasteiger partial charge on any atom is 0.159 e. The molecule has 3 saturated carbocycles. The zero-order valence-electron chi connectivity index (χ0n) is 21.1. The molecule has 7 nitrogen and oxygen atoms in total. The average Bonchev–Trinajstić information content (AvgIpc) is 3.06. The molecule has 0 bridgehead atoms. The van der Waals surface area contributed by atoms with Gasteiger partial charge in [0.25, 0.3) is 0 Å². The van der Waals surface area contributed by atoms with Crippen molar-refractivity contribution in [3.8, 4) is 0 Å². The molecule has 7 heteroatoms. The molecule has 11 atom stereocenters. The third kappa shape index (κ3) is 3.65. The summed E-state index contributed by atoms with van der Waals surface area (Å²) in [7, 11) is 0. The summed E-state index contributed by atoms with van der Waals surface area (Å²) >= 11 is 0. The van der Waals surface area contributed by atoms with Gasteiger partial charge in [-0.25, -0.2) is 0 Å². The Kier molecular flexibility index (Phi) is 6.66. The van der Waals surface area contributed by atoms with Gasteiger partial charge in [-0.05, 0) is 93.1 Å². The molecule has 0 aromatic rings. The van der Waals surface area contributed by atoms with Gasteiger partial charge in [-0.1, -0.05) is 20.8 Å². The van der Waals surface area contributed by atoms with E-state index >= 15 is 0 Å². The van der Waals surface area contributed by atoms with Crippen LogP contribution in [0.2, 0.25) is 0 Å². The number of fused-ring (bicyclic) bond motifs is 5. The minimum Gasteiger partial charge on any atom is -0.396 e. The lowest BCUT2D eigenvalue weighted by Crippen LogP contribution is -2.62. The van der Waals surface area contributed by atoms with Crippen molar-refractivity contribution in [2.45, 2.75) is 109 Å². The van der Waals surface area contributed by atoms with Gasteiger partial charge >= 0.3 is 0 Å². The molecule has 0 amide bonds. The van der Waals surface area contributed by atoms with Gasteiger partial charge in [-0.3, -0.25) is 4.79 Å². The maximum absolute atomic E-state index is 13.3. The van der Waals surface area contributed by atoms with Crippen LogP contribution >= 0.6 is 0 Å². The quantitative estimate of drug-likeness (QED) is 0.340. The Labute approximate surface area is 202 Å². The van der Waals surface area contributed by atoms with Crippen molar-refractivity contribution in [3.05, 3.63) is 11.6 Å². The van der Waals surface area contributed by atoms with Gasteiger partial charge in [0.1, 0.15) is 0 Å². The minimum atomic E-state index is -1.42. The number of aliphatic hydroxyl groups is 6. The van der Waals surface area contributed by atoms with Gasteiger partial charge in [-0.2, -0.15) is 0 Å². The SMILES string of the molecule is CC(CO)CCC(O)[C@](C)(O)C1CC[C@]2(O)C3=CC(=O)[C@@H]4CC(O)C(O)C[C@]4(C)[C@H]3CC[C@]12C. The molecule has 34 heavy (non-hydrogen) atoms. The molecule has 0 aliphatic heterocycles. The molecule has 4 aliphatic rings. The summed E-state index contributed by atoms with van der Waals surface area (Å²) in [5, 5.41) is 64.7. The van der Waals surface area contributed by atoms with Gasteiger partial charge in [0.05, 0.1) is 29.5 Å². The summed E-state index contributed by atoms with van der Waals surface area (Å²) in [5.41, 5.74) is -3.21. The second-order valence-corrected chi connectivity index (χ2v) is 12.7. The zero-order valence-corrected chi connectivity index (χ0v) is 21.1. The molecule has 0 aromatic carbocycles. The third-order valence-electron chi connectivity index (χ3n) is 10.7. The van der Waals surface area contributed by atoms with E-state index in [1.807, 2.05) is 20.8 Å². The molecule has 4 aliphatic carbocycles. The highest BCUT2D eigenvalue weighted by atomic mass is 16.3. The van der Waals surface area contributed by atoms with E-state index in [-0.39, 0.29) is 42.5 Å². The predicted octanol–water partition coefficient (Wildman–Crippen LogP) is 1.71. The first-order valence-electron chi connectivity index (χ1n) is 13.1. The fourth-order valence-electron chi connectivity index (χ4n) is 8.37. The lowest BCUT2D eigenvalue weighted by Gasteiger charge is -2.60. The highest BCUT2D eigenvalue weighted by molar-refractivity contribution is 5.95. The third-order valence-corrected chi connectivity index (χ3v) is 10.7. The number of hydrogen-bond donors (Lipinski definition) is 6. The number of carbonyl (C=O) groups is 1. The Bertz CT molecular complexity index is 839. The van der Waals surface area contributed by atoms with E-state index in [2.05, 4.69) is 0 Å². The normalized spacial score (nSPS) is 47.6. The minimum absolute atomic E-state index is 0.0326. The Morgan fingerprint density at radius 2 is 1.79 bits per heavy atom. The molecule has 4 rings (SSSR count). The van der Waals surface area contributed by atoms with Crippen molar-refractivity contribution in [1.29, 1.82) is 0 Å². The van der Waals surface area contributed by atoms with Crippen LogP contribution in [0.4, 0.5) is 0 Å². The lowest BCUT2D eigenvalue weighted by atomic mass is 9.45. The Morgan fingerprint density at radius 3 is 2.44 bits per heavy atom. The van der Waals surface area contributed by atoms with E-state index in [0.29, 0.717) is 38.5 Å². The number of hydrogen-bond acceptors (Lipinski definition) is 7. The van der Waals surface area contributed by atoms with Gasteiger partial charge in [0, 0.05) is 17.9 Å². The number of allylic oxidation sites excluding steroid dienone is 1. The smallest absolute Gasteiger partial charge is 0.159 e. The van der Waals surface area contributed by atoms with Gasteiger partial charge in [0.2, 0.25) is 0 Å². The van der Waals surface area contributed by atoms with Gasteiger partial charge < -0.3 is 30.6 Å². The fraction of sp³-hybridized carbons (Fsp3) is 0.889. The zero-order chi connectivity index (χ0) is 25.3. The van der Waals surface area contributed by atoms with E-state index in [1.54, 1.807) is 13.0 Å². The summed E-state index contributed by atoms with van der Waals surface area (Å²) in [6.07, 6.45) is 2.65. The fourth-order valence-corrected chi connectivity index (χ4v) is 8.37. The van der Waals surface area contributed by atoms with E-state index in [1.165, 1.54) is 0 Å². The molecular weight excluding hydrogens is 436 g/mol. The van der Waals surface area contributed by atoms with Crippen molar-refractivity contribution in [3.63, 3.8) is 0 Å². The summed E-state index contributed by atoms with van der Waals surface area (Å²) < 4.78 is 0. The van der Waals surface area contributed by atoms with Crippen LogP contribution in [0.3, 0.4) is 0 Å². The van der Waals surface area contributed by atoms with Crippen LogP contribution in [-0.2, 0) is 4.79 Å². The van der Waals surface area contributed by atoms with Crippen LogP contribution in [0.25, 0.3) is 0 Å². The molecule has 0 saturated heterocycles. The highest BCUT2D eigenvalue weighted by Gasteiger charge is 2.69. The van der Waals surface area contributed by atoms with Crippen LogP contribution in [0.15, 0.2) is 11.6 Å². The van der Waals surface area contributed by atoms with Gasteiger partial charge in [0.15, 0.2) is 5.78 Å². The maximum atomic E-state index is 13.3. The molecular formula is C27H44O7. The van der Waals surface area contributed by atoms with Crippen LogP contribution in [0.1, 0.15) is 79.1 Å². The molecule has 194 valence electrons. The second-order valence-electron chi connectivity index (χ2n) is 12.7. The van der Waals surface area contributed by atoms with E-state index in [0.717, 1.165) is 12.0 Å². The molecule has 6 N–H and O–H groups in total. The molecule has 0 aromatic heterocycles.